The van der Waals surface area contributed by atoms with Gasteiger partial charge in [-0.25, -0.2) is 9.59 Å². The number of ether oxygens (including phenoxy) is 2. The van der Waals surface area contributed by atoms with Gasteiger partial charge >= 0.3 is 11.9 Å². The van der Waals surface area contributed by atoms with E-state index < -0.39 is 11.9 Å². The topological polar surface area (TPSA) is 55.8 Å². The van der Waals surface area contributed by atoms with Gasteiger partial charge in [0, 0.05) is 19.2 Å². The van der Waals surface area contributed by atoms with Crippen LogP contribution in [0.5, 0.6) is 0 Å². The molecule has 2 aromatic carbocycles. The van der Waals surface area contributed by atoms with Crippen molar-refractivity contribution in [3.63, 3.8) is 0 Å². The van der Waals surface area contributed by atoms with Gasteiger partial charge in [-0.2, -0.15) is 0 Å². The predicted octanol–water partition coefficient (Wildman–Crippen LogP) is 3.58. The summed E-state index contributed by atoms with van der Waals surface area (Å²) < 4.78 is 9.91. The fourth-order valence-electron chi connectivity index (χ4n) is 3.30. The Balaban J connectivity index is 2.03. The first kappa shape index (κ1) is 19.4. The zero-order chi connectivity index (χ0) is 19.9. The van der Waals surface area contributed by atoms with Crippen molar-refractivity contribution in [3.8, 4) is 0 Å². The van der Waals surface area contributed by atoms with Crippen LogP contribution in [0.4, 0.5) is 0 Å². The van der Waals surface area contributed by atoms with E-state index in [2.05, 4.69) is 12.1 Å². The Morgan fingerprint density at radius 1 is 0.893 bits per heavy atom. The number of carbonyl (C=O) groups is 2. The molecule has 0 atom stereocenters. The van der Waals surface area contributed by atoms with Crippen molar-refractivity contribution in [2.24, 2.45) is 0 Å². The lowest BCUT2D eigenvalue weighted by molar-refractivity contribution is -0.136. The van der Waals surface area contributed by atoms with Gasteiger partial charge in [0.25, 0.3) is 0 Å². The summed E-state index contributed by atoms with van der Waals surface area (Å²) in [5.74, 6) is -0.892. The molecular weight excluding hydrogens is 354 g/mol. The Hall–Kier alpha value is -3.34. The van der Waals surface area contributed by atoms with Gasteiger partial charge in [0.05, 0.1) is 31.1 Å². The van der Waals surface area contributed by atoms with Crippen molar-refractivity contribution in [1.29, 1.82) is 0 Å². The highest BCUT2D eigenvalue weighted by atomic mass is 16.5. The standard InChI is InChI=1S/C23H23NO4/c1-27-22(25)19-15-20(23(26)28-2)21(18-11-7-4-8-12-18)24(16-19)14-13-17-9-5-3-6-10-17/h3-12,16H,13-15H2,1-2H3. The Kier molecular flexibility index (Phi) is 6.27. The largest absolute Gasteiger partial charge is 0.466 e. The van der Waals surface area contributed by atoms with Gasteiger partial charge in [0.1, 0.15) is 0 Å². The molecule has 0 N–H and O–H groups in total. The fraction of sp³-hybridized carbons (Fsp3) is 0.217. The van der Waals surface area contributed by atoms with Crippen LogP contribution in [-0.4, -0.2) is 37.6 Å². The molecule has 0 saturated carbocycles. The number of hydrogen-bond acceptors (Lipinski definition) is 5. The molecule has 2 aromatic rings. The summed E-state index contributed by atoms with van der Waals surface area (Å²) in [6, 6.07) is 19.8. The number of rotatable bonds is 6. The molecule has 0 bridgehead atoms. The summed E-state index contributed by atoms with van der Waals surface area (Å²) in [5.41, 5.74) is 3.71. The van der Waals surface area contributed by atoms with Gasteiger partial charge < -0.3 is 14.4 Å². The van der Waals surface area contributed by atoms with Crippen molar-refractivity contribution < 1.29 is 19.1 Å². The van der Waals surface area contributed by atoms with Crippen LogP contribution in [-0.2, 0) is 25.5 Å². The van der Waals surface area contributed by atoms with E-state index in [0.717, 1.165) is 17.7 Å². The quantitative estimate of drug-likeness (QED) is 0.721. The number of carbonyl (C=O) groups excluding carboxylic acids is 2. The molecule has 0 spiro atoms. The minimum absolute atomic E-state index is 0.172. The molecule has 0 fully saturated rings. The first-order valence-corrected chi connectivity index (χ1v) is 9.10. The first-order valence-electron chi connectivity index (χ1n) is 9.10. The molecule has 3 rings (SSSR count). The minimum atomic E-state index is -0.446. The lowest BCUT2D eigenvalue weighted by Gasteiger charge is -2.31. The molecule has 0 amide bonds. The molecule has 5 nitrogen and oxygen atoms in total. The number of nitrogens with zero attached hydrogens (tertiary/aromatic N) is 1. The normalized spacial score (nSPS) is 13.8. The average molecular weight is 377 g/mol. The SMILES string of the molecule is COC(=O)C1=CN(CCc2ccccc2)C(c2ccccc2)=C(C(=O)OC)C1. The van der Waals surface area contributed by atoms with Crippen molar-refractivity contribution in [3.05, 3.63) is 89.1 Å². The summed E-state index contributed by atoms with van der Waals surface area (Å²) in [6.07, 6.45) is 2.71. The summed E-state index contributed by atoms with van der Waals surface area (Å²) in [4.78, 5) is 26.7. The summed E-state index contributed by atoms with van der Waals surface area (Å²) in [5, 5.41) is 0. The first-order chi connectivity index (χ1) is 13.6. The molecule has 1 aliphatic heterocycles. The van der Waals surface area contributed by atoms with E-state index in [9.17, 15) is 9.59 Å². The summed E-state index contributed by atoms with van der Waals surface area (Å²) in [6.45, 7) is 0.606. The fourth-order valence-corrected chi connectivity index (χ4v) is 3.30. The van der Waals surface area contributed by atoms with Gasteiger partial charge in [-0.3, -0.25) is 0 Å². The van der Waals surface area contributed by atoms with Gasteiger partial charge in [-0.05, 0) is 17.5 Å². The van der Waals surface area contributed by atoms with E-state index in [-0.39, 0.29) is 6.42 Å². The van der Waals surface area contributed by atoms with E-state index in [4.69, 9.17) is 9.47 Å². The summed E-state index contributed by atoms with van der Waals surface area (Å²) >= 11 is 0. The van der Waals surface area contributed by atoms with Gasteiger partial charge in [-0.15, -0.1) is 0 Å². The number of methoxy groups -OCH3 is 2. The minimum Gasteiger partial charge on any atom is -0.466 e. The van der Waals surface area contributed by atoms with Crippen LogP contribution < -0.4 is 0 Å². The van der Waals surface area contributed by atoms with Gasteiger partial charge in [-0.1, -0.05) is 60.7 Å². The molecule has 1 aliphatic rings. The van der Waals surface area contributed by atoms with Crippen molar-refractivity contribution in [2.75, 3.05) is 20.8 Å². The van der Waals surface area contributed by atoms with Crippen LogP contribution in [0.15, 0.2) is 78.0 Å². The Morgan fingerprint density at radius 2 is 1.50 bits per heavy atom. The molecule has 0 saturated heterocycles. The molecule has 0 aliphatic carbocycles. The van der Waals surface area contributed by atoms with Crippen LogP contribution in [0.1, 0.15) is 17.5 Å². The molecule has 0 radical (unpaired) electrons. The molecule has 144 valence electrons. The van der Waals surface area contributed by atoms with Crippen LogP contribution in [0, 0.1) is 0 Å². The van der Waals surface area contributed by atoms with Crippen LogP contribution in [0.25, 0.3) is 5.70 Å². The zero-order valence-corrected chi connectivity index (χ0v) is 16.1. The maximum atomic E-state index is 12.5. The Morgan fingerprint density at radius 3 is 2.11 bits per heavy atom. The van der Waals surface area contributed by atoms with Crippen LogP contribution in [0.2, 0.25) is 0 Å². The van der Waals surface area contributed by atoms with Crippen molar-refractivity contribution in [1.82, 2.24) is 4.90 Å². The monoisotopic (exact) mass is 377 g/mol. The highest BCUT2D eigenvalue weighted by Gasteiger charge is 2.29. The lowest BCUT2D eigenvalue weighted by atomic mass is 9.95. The lowest BCUT2D eigenvalue weighted by Crippen LogP contribution is -2.28. The van der Waals surface area contributed by atoms with E-state index >= 15 is 0 Å². The van der Waals surface area contributed by atoms with Gasteiger partial charge in [0.2, 0.25) is 0 Å². The van der Waals surface area contributed by atoms with Gasteiger partial charge in [0.15, 0.2) is 0 Å². The van der Waals surface area contributed by atoms with Crippen LogP contribution in [0.3, 0.4) is 0 Å². The molecule has 5 heteroatoms. The third-order valence-electron chi connectivity index (χ3n) is 4.66. The molecule has 28 heavy (non-hydrogen) atoms. The maximum Gasteiger partial charge on any atom is 0.336 e. The third-order valence-corrected chi connectivity index (χ3v) is 4.66. The van der Waals surface area contributed by atoms with E-state index in [1.54, 1.807) is 6.20 Å². The molecular formula is C23H23NO4. The second kappa shape index (κ2) is 9.04. The smallest absolute Gasteiger partial charge is 0.336 e. The maximum absolute atomic E-state index is 12.5. The molecule has 0 aromatic heterocycles. The zero-order valence-electron chi connectivity index (χ0n) is 16.1. The second-order valence-electron chi connectivity index (χ2n) is 6.44. The number of hydrogen-bond donors (Lipinski definition) is 0. The third kappa shape index (κ3) is 4.31. The highest BCUT2D eigenvalue weighted by molar-refractivity contribution is 6.02. The van der Waals surface area contributed by atoms with E-state index in [1.807, 2.05) is 53.4 Å². The number of esters is 2. The average Bonchev–Trinajstić information content (AvgIpc) is 2.77. The molecule has 0 unspecified atom stereocenters. The van der Waals surface area contributed by atoms with Crippen molar-refractivity contribution in [2.45, 2.75) is 12.8 Å². The molecule has 1 heterocycles. The van der Waals surface area contributed by atoms with Crippen LogP contribution >= 0.6 is 0 Å². The Bertz CT molecular complexity index is 901. The number of benzene rings is 2. The Labute approximate surface area is 164 Å². The predicted molar refractivity (Wildman–Crippen MR) is 107 cm³/mol. The van der Waals surface area contributed by atoms with Crippen molar-refractivity contribution >= 4 is 17.6 Å². The second-order valence-corrected chi connectivity index (χ2v) is 6.44. The highest BCUT2D eigenvalue weighted by Crippen LogP contribution is 2.33. The van der Waals surface area contributed by atoms with E-state index in [1.165, 1.54) is 19.8 Å². The summed E-state index contributed by atoms with van der Waals surface area (Å²) in [7, 11) is 2.69. The van der Waals surface area contributed by atoms with E-state index in [0.29, 0.717) is 17.7 Å².